The lowest BCUT2D eigenvalue weighted by Crippen LogP contribution is -2.55. The van der Waals surface area contributed by atoms with Crippen LogP contribution in [-0.4, -0.2) is 42.9 Å². The molecule has 0 spiro atoms. The van der Waals surface area contributed by atoms with Crippen molar-refractivity contribution in [3.05, 3.63) is 0 Å². The Labute approximate surface area is 88.4 Å². The molecule has 90 valence electrons. The van der Waals surface area contributed by atoms with Gasteiger partial charge >= 0.3 is 6.18 Å². The maximum atomic E-state index is 12.8. The summed E-state index contributed by atoms with van der Waals surface area (Å²) in [5.74, 6) is 0. The number of nitrogens with zero attached hydrogens (tertiary/aromatic N) is 1. The fourth-order valence-electron chi connectivity index (χ4n) is 2.00. The van der Waals surface area contributed by atoms with Crippen molar-refractivity contribution in [2.75, 3.05) is 20.2 Å². The second kappa shape index (κ2) is 4.29. The average molecular weight is 225 g/mol. The molecular formula is C10H18F3NO. The average Bonchev–Trinajstić information content (AvgIpc) is 2.16. The molecule has 0 atom stereocenters. The Morgan fingerprint density at radius 1 is 1.20 bits per heavy atom. The Morgan fingerprint density at radius 2 is 1.67 bits per heavy atom. The van der Waals surface area contributed by atoms with Gasteiger partial charge in [-0.05, 0) is 26.7 Å². The first-order chi connectivity index (χ1) is 6.82. The lowest BCUT2D eigenvalue weighted by atomic mass is 9.90. The highest BCUT2D eigenvalue weighted by molar-refractivity contribution is 4.94. The van der Waals surface area contributed by atoms with E-state index in [0.29, 0.717) is 19.1 Å². The van der Waals surface area contributed by atoms with Gasteiger partial charge in [0.15, 0.2) is 5.60 Å². The fourth-order valence-corrected chi connectivity index (χ4v) is 2.00. The van der Waals surface area contributed by atoms with E-state index in [2.05, 4.69) is 0 Å². The molecule has 1 aliphatic heterocycles. The smallest absolute Gasteiger partial charge is 0.369 e. The number of alkyl halides is 3. The van der Waals surface area contributed by atoms with E-state index in [-0.39, 0.29) is 12.8 Å². The van der Waals surface area contributed by atoms with E-state index in [4.69, 9.17) is 4.74 Å². The predicted molar refractivity (Wildman–Crippen MR) is 51.7 cm³/mol. The summed E-state index contributed by atoms with van der Waals surface area (Å²) in [4.78, 5) is 2.04. The Kier molecular flexibility index (Phi) is 3.66. The van der Waals surface area contributed by atoms with E-state index < -0.39 is 11.8 Å². The molecule has 1 rings (SSSR count). The molecule has 0 saturated carbocycles. The van der Waals surface area contributed by atoms with Gasteiger partial charge in [0.25, 0.3) is 0 Å². The van der Waals surface area contributed by atoms with Crippen molar-refractivity contribution < 1.29 is 17.9 Å². The summed E-state index contributed by atoms with van der Waals surface area (Å²) in [6.07, 6.45) is -4.19. The predicted octanol–water partition coefficient (Wildman–Crippen LogP) is 2.44. The monoisotopic (exact) mass is 225 g/mol. The fraction of sp³-hybridized carbons (Fsp3) is 1.00. The van der Waals surface area contributed by atoms with Gasteiger partial charge in [0.1, 0.15) is 0 Å². The van der Waals surface area contributed by atoms with Crippen LogP contribution in [0.15, 0.2) is 0 Å². The van der Waals surface area contributed by atoms with Gasteiger partial charge in [-0.15, -0.1) is 0 Å². The summed E-state index contributed by atoms with van der Waals surface area (Å²) in [5, 5.41) is 0. The molecule has 0 aliphatic carbocycles. The van der Waals surface area contributed by atoms with Gasteiger partial charge < -0.3 is 9.64 Å². The van der Waals surface area contributed by atoms with Gasteiger partial charge in [-0.3, -0.25) is 0 Å². The Balaban J connectivity index is 2.67. The minimum absolute atomic E-state index is 0.0329. The van der Waals surface area contributed by atoms with Crippen molar-refractivity contribution in [1.82, 2.24) is 4.90 Å². The normalized spacial score (nSPS) is 23.4. The third kappa shape index (κ3) is 2.45. The standard InChI is InChI=1S/C10H18F3NO/c1-8(2)14-6-4-9(15-3,5-7-14)10(11,12)13/h8H,4-7H2,1-3H3. The van der Waals surface area contributed by atoms with Gasteiger partial charge in [0, 0.05) is 26.2 Å². The molecule has 0 unspecified atom stereocenters. The van der Waals surface area contributed by atoms with Crippen molar-refractivity contribution in [3.8, 4) is 0 Å². The molecule has 1 aliphatic rings. The van der Waals surface area contributed by atoms with Crippen LogP contribution in [0.2, 0.25) is 0 Å². The van der Waals surface area contributed by atoms with E-state index in [1.54, 1.807) is 0 Å². The molecule has 1 saturated heterocycles. The highest BCUT2D eigenvalue weighted by atomic mass is 19.4. The molecule has 0 aromatic carbocycles. The first-order valence-corrected chi connectivity index (χ1v) is 5.18. The van der Waals surface area contributed by atoms with Crippen LogP contribution < -0.4 is 0 Å². The molecule has 0 N–H and O–H groups in total. The lowest BCUT2D eigenvalue weighted by molar-refractivity contribution is -0.283. The van der Waals surface area contributed by atoms with Crippen LogP contribution in [0.25, 0.3) is 0 Å². The quantitative estimate of drug-likeness (QED) is 0.715. The van der Waals surface area contributed by atoms with Crippen molar-refractivity contribution >= 4 is 0 Å². The molecule has 0 radical (unpaired) electrons. The first kappa shape index (κ1) is 12.8. The maximum Gasteiger partial charge on any atom is 0.417 e. The minimum Gasteiger partial charge on any atom is -0.369 e. The van der Waals surface area contributed by atoms with Crippen LogP contribution in [0.3, 0.4) is 0 Å². The van der Waals surface area contributed by atoms with Gasteiger partial charge in [-0.1, -0.05) is 0 Å². The summed E-state index contributed by atoms with van der Waals surface area (Å²) in [6, 6.07) is 0.299. The molecule has 1 heterocycles. The van der Waals surface area contributed by atoms with E-state index in [0.717, 1.165) is 7.11 Å². The zero-order valence-corrected chi connectivity index (χ0v) is 9.40. The molecule has 0 bridgehead atoms. The number of methoxy groups -OCH3 is 1. The van der Waals surface area contributed by atoms with E-state index in [9.17, 15) is 13.2 Å². The minimum atomic E-state index is -4.26. The van der Waals surface area contributed by atoms with Gasteiger partial charge in [0.05, 0.1) is 0 Å². The van der Waals surface area contributed by atoms with Gasteiger partial charge in [0.2, 0.25) is 0 Å². The van der Waals surface area contributed by atoms with E-state index >= 15 is 0 Å². The van der Waals surface area contributed by atoms with Crippen LogP contribution in [0.1, 0.15) is 26.7 Å². The largest absolute Gasteiger partial charge is 0.417 e. The van der Waals surface area contributed by atoms with Crippen molar-refractivity contribution in [1.29, 1.82) is 0 Å². The van der Waals surface area contributed by atoms with E-state index in [1.165, 1.54) is 0 Å². The second-order valence-electron chi connectivity index (χ2n) is 4.33. The van der Waals surface area contributed by atoms with Crippen LogP contribution in [0, 0.1) is 0 Å². The molecule has 1 fully saturated rings. The van der Waals surface area contributed by atoms with Crippen molar-refractivity contribution in [3.63, 3.8) is 0 Å². The molecular weight excluding hydrogens is 207 g/mol. The molecule has 15 heavy (non-hydrogen) atoms. The number of hydrogen-bond acceptors (Lipinski definition) is 2. The highest BCUT2D eigenvalue weighted by Gasteiger charge is 2.56. The number of ether oxygens (including phenoxy) is 1. The van der Waals surface area contributed by atoms with Crippen LogP contribution in [-0.2, 0) is 4.74 Å². The highest BCUT2D eigenvalue weighted by Crippen LogP contribution is 2.41. The maximum absolute atomic E-state index is 12.8. The molecule has 0 amide bonds. The number of piperidine rings is 1. The third-order valence-electron chi connectivity index (χ3n) is 3.24. The lowest BCUT2D eigenvalue weighted by Gasteiger charge is -2.42. The summed E-state index contributed by atoms with van der Waals surface area (Å²) < 4.78 is 43.1. The number of likely N-dealkylation sites (tertiary alicyclic amines) is 1. The van der Waals surface area contributed by atoms with Crippen molar-refractivity contribution in [2.45, 2.75) is 44.5 Å². The van der Waals surface area contributed by atoms with Crippen LogP contribution >= 0.6 is 0 Å². The number of halogens is 3. The Morgan fingerprint density at radius 3 is 1.93 bits per heavy atom. The SMILES string of the molecule is COC1(C(F)(F)F)CCN(C(C)C)CC1. The molecule has 2 nitrogen and oxygen atoms in total. The topological polar surface area (TPSA) is 12.5 Å². The van der Waals surface area contributed by atoms with E-state index in [1.807, 2.05) is 18.7 Å². The van der Waals surface area contributed by atoms with Crippen molar-refractivity contribution in [2.24, 2.45) is 0 Å². The van der Waals surface area contributed by atoms with Gasteiger partial charge in [-0.25, -0.2) is 0 Å². The Hall–Kier alpha value is -0.290. The number of hydrogen-bond donors (Lipinski definition) is 0. The first-order valence-electron chi connectivity index (χ1n) is 5.18. The summed E-state index contributed by atoms with van der Waals surface area (Å²) in [5.41, 5.74) is -1.92. The van der Waals surface area contributed by atoms with Gasteiger partial charge in [-0.2, -0.15) is 13.2 Å². The molecule has 5 heteroatoms. The Bertz CT molecular complexity index is 207. The zero-order valence-electron chi connectivity index (χ0n) is 9.40. The molecule has 0 aromatic heterocycles. The second-order valence-corrected chi connectivity index (χ2v) is 4.33. The number of rotatable bonds is 2. The zero-order chi connectivity index (χ0) is 11.7. The van der Waals surface area contributed by atoms with Crippen LogP contribution in [0.5, 0.6) is 0 Å². The van der Waals surface area contributed by atoms with Crippen LogP contribution in [0.4, 0.5) is 13.2 Å². The third-order valence-corrected chi connectivity index (χ3v) is 3.24. The summed E-state index contributed by atoms with van der Waals surface area (Å²) >= 11 is 0. The molecule has 0 aromatic rings. The summed E-state index contributed by atoms with van der Waals surface area (Å²) in [7, 11) is 1.15. The summed E-state index contributed by atoms with van der Waals surface area (Å²) in [6.45, 7) is 4.89.